The van der Waals surface area contributed by atoms with Gasteiger partial charge in [-0.05, 0) is 61.2 Å². The van der Waals surface area contributed by atoms with Crippen molar-refractivity contribution in [3.63, 3.8) is 0 Å². The van der Waals surface area contributed by atoms with E-state index in [1.807, 2.05) is 0 Å². The summed E-state index contributed by atoms with van der Waals surface area (Å²) in [6, 6.07) is 0. The van der Waals surface area contributed by atoms with Gasteiger partial charge < -0.3 is 0 Å². The fraction of sp³-hybridized carbons (Fsp3) is 0.789. The van der Waals surface area contributed by atoms with Crippen LogP contribution in [-0.4, -0.2) is 0 Å². The van der Waals surface area contributed by atoms with Gasteiger partial charge in [0, 0.05) is 0 Å². The molecule has 0 aromatic heterocycles. The Bertz CT molecular complexity index is 316. The van der Waals surface area contributed by atoms with Crippen molar-refractivity contribution in [2.24, 2.45) is 29.1 Å². The number of allylic oxidation sites excluding steroid dienone is 4. The highest BCUT2D eigenvalue weighted by Crippen LogP contribution is 2.38. The maximum absolute atomic E-state index is 2.43. The zero-order chi connectivity index (χ0) is 13.9. The molecule has 0 amide bonds. The number of hydrogen-bond donors (Lipinski definition) is 0. The first kappa shape index (κ1) is 14.9. The van der Waals surface area contributed by atoms with Gasteiger partial charge in [-0.15, -0.1) is 0 Å². The minimum absolute atomic E-state index is 0.367. The lowest BCUT2D eigenvalue weighted by Gasteiger charge is -2.12. The molecule has 19 heavy (non-hydrogen) atoms. The second-order valence-electron chi connectivity index (χ2n) is 8.12. The second kappa shape index (κ2) is 6.29. The van der Waals surface area contributed by atoms with Gasteiger partial charge in [0.25, 0.3) is 0 Å². The standard InChI is InChI=1S/C12H22.C7H10/c1-10-5-6-11(9-10)7-8-12(2,3)4;1-2-7-4-3-6(1)5-7/h7-8,10-11H,5-6,9H2,1-4H3;1-2,6-7H,3-5H2/b8-7+;. The second-order valence-corrected chi connectivity index (χ2v) is 8.12. The summed E-state index contributed by atoms with van der Waals surface area (Å²) >= 11 is 0. The van der Waals surface area contributed by atoms with Gasteiger partial charge in [0.2, 0.25) is 0 Å². The van der Waals surface area contributed by atoms with Crippen molar-refractivity contribution in [1.82, 2.24) is 0 Å². The lowest BCUT2D eigenvalue weighted by atomic mass is 9.93. The maximum atomic E-state index is 2.43. The predicted molar refractivity (Wildman–Crippen MR) is 85.1 cm³/mol. The summed E-state index contributed by atoms with van der Waals surface area (Å²) in [5, 5.41) is 0. The SMILES string of the molecule is C1=CC2CCC1C2.CC1CCC(/C=C/C(C)(C)C)C1. The van der Waals surface area contributed by atoms with Crippen molar-refractivity contribution in [3.05, 3.63) is 24.3 Å². The van der Waals surface area contributed by atoms with E-state index in [1.165, 1.54) is 38.5 Å². The van der Waals surface area contributed by atoms with Crippen LogP contribution < -0.4 is 0 Å². The van der Waals surface area contributed by atoms with E-state index in [0.29, 0.717) is 5.41 Å². The molecule has 0 aromatic carbocycles. The Morgan fingerprint density at radius 2 is 1.53 bits per heavy atom. The molecule has 0 heteroatoms. The van der Waals surface area contributed by atoms with Gasteiger partial charge in [-0.1, -0.05) is 58.4 Å². The first-order valence-corrected chi connectivity index (χ1v) is 8.30. The van der Waals surface area contributed by atoms with Crippen LogP contribution in [0.3, 0.4) is 0 Å². The first-order chi connectivity index (χ1) is 8.92. The van der Waals surface area contributed by atoms with Gasteiger partial charge in [0.15, 0.2) is 0 Å². The minimum Gasteiger partial charge on any atom is -0.0851 e. The van der Waals surface area contributed by atoms with Crippen molar-refractivity contribution in [1.29, 1.82) is 0 Å². The molecule has 2 bridgehead atoms. The van der Waals surface area contributed by atoms with Gasteiger partial charge in [0.05, 0.1) is 0 Å². The molecule has 0 spiro atoms. The fourth-order valence-electron chi connectivity index (χ4n) is 3.57. The van der Waals surface area contributed by atoms with Crippen LogP contribution in [0, 0.1) is 29.1 Å². The fourth-order valence-corrected chi connectivity index (χ4v) is 3.57. The van der Waals surface area contributed by atoms with Gasteiger partial charge in [-0.25, -0.2) is 0 Å². The topological polar surface area (TPSA) is 0 Å². The van der Waals surface area contributed by atoms with Crippen molar-refractivity contribution >= 4 is 0 Å². The molecule has 108 valence electrons. The molecule has 2 saturated carbocycles. The Balaban J connectivity index is 0.000000159. The zero-order valence-corrected chi connectivity index (χ0v) is 13.4. The highest BCUT2D eigenvalue weighted by Gasteiger charge is 2.25. The smallest absolute Gasteiger partial charge is 0.0203 e. The molecule has 0 radical (unpaired) electrons. The lowest BCUT2D eigenvalue weighted by molar-refractivity contribution is 0.530. The molecule has 0 heterocycles. The van der Waals surface area contributed by atoms with E-state index in [1.54, 1.807) is 0 Å². The third kappa shape index (κ3) is 5.16. The van der Waals surface area contributed by atoms with Gasteiger partial charge in [-0.3, -0.25) is 0 Å². The van der Waals surface area contributed by atoms with Gasteiger partial charge in [-0.2, -0.15) is 0 Å². The molecule has 0 saturated heterocycles. The summed E-state index contributed by atoms with van der Waals surface area (Å²) in [5.74, 6) is 3.81. The zero-order valence-electron chi connectivity index (χ0n) is 13.4. The van der Waals surface area contributed by atoms with Gasteiger partial charge in [0.1, 0.15) is 0 Å². The largest absolute Gasteiger partial charge is 0.0851 e. The Morgan fingerprint density at radius 3 is 1.84 bits per heavy atom. The summed E-state index contributed by atoms with van der Waals surface area (Å²) in [5.41, 5.74) is 0.367. The third-order valence-corrected chi connectivity index (χ3v) is 4.77. The van der Waals surface area contributed by atoms with Crippen molar-refractivity contribution < 1.29 is 0 Å². The molecule has 0 N–H and O–H groups in total. The number of fused-ring (bicyclic) bond motifs is 2. The molecule has 0 aliphatic heterocycles. The maximum Gasteiger partial charge on any atom is -0.0203 e. The summed E-state index contributed by atoms with van der Waals surface area (Å²) in [6.45, 7) is 9.16. The van der Waals surface area contributed by atoms with Crippen LogP contribution >= 0.6 is 0 Å². The average Bonchev–Trinajstić information content (AvgIpc) is 3.03. The first-order valence-electron chi connectivity index (χ1n) is 8.30. The number of rotatable bonds is 1. The monoisotopic (exact) mass is 260 g/mol. The van der Waals surface area contributed by atoms with Crippen LogP contribution in [0.2, 0.25) is 0 Å². The average molecular weight is 260 g/mol. The van der Waals surface area contributed by atoms with E-state index in [4.69, 9.17) is 0 Å². The highest BCUT2D eigenvalue weighted by atomic mass is 14.3. The third-order valence-electron chi connectivity index (χ3n) is 4.77. The van der Waals surface area contributed by atoms with E-state index in [0.717, 1.165) is 23.7 Å². The van der Waals surface area contributed by atoms with Crippen LogP contribution in [0.1, 0.15) is 66.2 Å². The van der Waals surface area contributed by atoms with E-state index < -0.39 is 0 Å². The Kier molecular flexibility index (Phi) is 4.92. The van der Waals surface area contributed by atoms with Crippen molar-refractivity contribution in [2.45, 2.75) is 66.2 Å². The molecule has 0 aromatic rings. The summed E-state index contributed by atoms with van der Waals surface area (Å²) in [6.07, 6.45) is 18.2. The molecular formula is C19H32. The molecule has 4 atom stereocenters. The van der Waals surface area contributed by atoms with E-state index in [9.17, 15) is 0 Å². The Hall–Kier alpha value is -0.520. The van der Waals surface area contributed by atoms with Crippen LogP contribution in [0.5, 0.6) is 0 Å². The van der Waals surface area contributed by atoms with Crippen molar-refractivity contribution in [3.8, 4) is 0 Å². The van der Waals surface area contributed by atoms with E-state index >= 15 is 0 Å². The molecular weight excluding hydrogens is 228 g/mol. The molecule has 3 aliphatic rings. The van der Waals surface area contributed by atoms with Crippen LogP contribution in [0.15, 0.2) is 24.3 Å². The van der Waals surface area contributed by atoms with Crippen LogP contribution in [0.4, 0.5) is 0 Å². The molecule has 2 fully saturated rings. The van der Waals surface area contributed by atoms with Gasteiger partial charge >= 0.3 is 0 Å². The summed E-state index contributed by atoms with van der Waals surface area (Å²) < 4.78 is 0. The highest BCUT2D eigenvalue weighted by molar-refractivity contribution is 5.06. The lowest BCUT2D eigenvalue weighted by Crippen LogP contribution is -2.00. The Morgan fingerprint density at radius 1 is 0.895 bits per heavy atom. The molecule has 3 aliphatic carbocycles. The van der Waals surface area contributed by atoms with E-state index in [2.05, 4.69) is 52.0 Å². The summed E-state index contributed by atoms with van der Waals surface area (Å²) in [4.78, 5) is 0. The van der Waals surface area contributed by atoms with Crippen LogP contribution in [-0.2, 0) is 0 Å². The minimum atomic E-state index is 0.367. The molecule has 4 unspecified atom stereocenters. The predicted octanol–water partition coefficient (Wildman–Crippen LogP) is 6.00. The van der Waals surface area contributed by atoms with Crippen LogP contribution in [0.25, 0.3) is 0 Å². The molecule has 0 nitrogen and oxygen atoms in total. The Labute approximate surface area is 120 Å². The van der Waals surface area contributed by atoms with E-state index in [-0.39, 0.29) is 0 Å². The normalized spacial score (nSPS) is 36.8. The number of hydrogen-bond acceptors (Lipinski definition) is 0. The van der Waals surface area contributed by atoms with Crippen molar-refractivity contribution in [2.75, 3.05) is 0 Å². The quantitative estimate of drug-likeness (QED) is 0.507. The molecule has 3 rings (SSSR count). The summed E-state index contributed by atoms with van der Waals surface area (Å²) in [7, 11) is 0.